The van der Waals surface area contributed by atoms with Gasteiger partial charge < -0.3 is 20.5 Å². The molecule has 1 aliphatic heterocycles. The molecule has 1 aromatic heterocycles. The maximum Gasteiger partial charge on any atom is 0.317 e. The van der Waals surface area contributed by atoms with E-state index in [0.717, 1.165) is 42.9 Å². The molecule has 1 fully saturated rings. The van der Waals surface area contributed by atoms with Crippen LogP contribution in [-0.4, -0.2) is 46.7 Å². The minimum atomic E-state index is 0.0230. The third kappa shape index (κ3) is 2.34. The highest BCUT2D eigenvalue weighted by Crippen LogP contribution is 2.16. The van der Waals surface area contributed by atoms with Crippen LogP contribution in [0.25, 0.3) is 11.0 Å². The summed E-state index contributed by atoms with van der Waals surface area (Å²) in [7, 11) is 0. The van der Waals surface area contributed by atoms with Gasteiger partial charge in [0.1, 0.15) is 5.82 Å². The Bertz CT molecular complexity index is 621. The van der Waals surface area contributed by atoms with Crippen LogP contribution in [0.15, 0.2) is 24.3 Å². The molecule has 2 heterocycles. The van der Waals surface area contributed by atoms with Gasteiger partial charge in [0.25, 0.3) is 0 Å². The van der Waals surface area contributed by atoms with E-state index < -0.39 is 0 Å². The van der Waals surface area contributed by atoms with Crippen molar-refractivity contribution in [2.45, 2.75) is 13.0 Å². The van der Waals surface area contributed by atoms with E-state index in [1.807, 2.05) is 23.1 Å². The number of rotatable bonds is 5. The summed E-state index contributed by atoms with van der Waals surface area (Å²) in [6, 6.07) is 8.09. The molecule has 6 nitrogen and oxygen atoms in total. The Morgan fingerprint density at radius 2 is 2.15 bits per heavy atom. The molecule has 0 unspecified atom stereocenters. The van der Waals surface area contributed by atoms with E-state index in [9.17, 15) is 4.79 Å². The zero-order valence-electron chi connectivity index (χ0n) is 11.4. The smallest absolute Gasteiger partial charge is 0.317 e. The number of benzene rings is 1. The van der Waals surface area contributed by atoms with E-state index in [1.54, 1.807) is 0 Å². The molecular weight excluding hydrogens is 254 g/mol. The van der Waals surface area contributed by atoms with Gasteiger partial charge in [0.15, 0.2) is 0 Å². The maximum atomic E-state index is 11.6. The minimum absolute atomic E-state index is 0.0230. The van der Waals surface area contributed by atoms with Crippen molar-refractivity contribution in [1.29, 1.82) is 0 Å². The van der Waals surface area contributed by atoms with Crippen LogP contribution < -0.4 is 11.1 Å². The van der Waals surface area contributed by atoms with Crippen LogP contribution in [0.5, 0.6) is 0 Å². The van der Waals surface area contributed by atoms with Crippen molar-refractivity contribution in [1.82, 2.24) is 19.8 Å². The van der Waals surface area contributed by atoms with Crippen LogP contribution >= 0.6 is 0 Å². The number of amides is 2. The Morgan fingerprint density at radius 1 is 1.30 bits per heavy atom. The summed E-state index contributed by atoms with van der Waals surface area (Å²) >= 11 is 0. The number of nitrogens with one attached hydrogen (secondary N) is 1. The number of carbonyl (C=O) groups excluding carboxylic acids is 1. The Hall–Kier alpha value is -2.08. The van der Waals surface area contributed by atoms with Crippen molar-refractivity contribution in [2.24, 2.45) is 5.73 Å². The molecule has 0 saturated carbocycles. The molecule has 0 atom stereocenters. The average molecular weight is 273 g/mol. The Kier molecular flexibility index (Phi) is 3.56. The van der Waals surface area contributed by atoms with Crippen molar-refractivity contribution < 1.29 is 4.79 Å². The lowest BCUT2D eigenvalue weighted by atomic mass is 10.3. The Balaban J connectivity index is 1.84. The first kappa shape index (κ1) is 12.9. The topological polar surface area (TPSA) is 76.2 Å². The molecule has 1 aromatic carbocycles. The maximum absolute atomic E-state index is 11.6. The molecule has 1 saturated heterocycles. The first-order chi connectivity index (χ1) is 9.79. The molecular formula is C14H19N5O. The summed E-state index contributed by atoms with van der Waals surface area (Å²) < 4.78 is 2.17. The van der Waals surface area contributed by atoms with Gasteiger partial charge in [-0.2, -0.15) is 0 Å². The zero-order chi connectivity index (χ0) is 13.9. The Morgan fingerprint density at radius 3 is 2.90 bits per heavy atom. The van der Waals surface area contributed by atoms with Crippen molar-refractivity contribution in [3.8, 4) is 0 Å². The predicted molar refractivity (Wildman–Crippen MR) is 77.5 cm³/mol. The summed E-state index contributed by atoms with van der Waals surface area (Å²) in [6.07, 6.45) is 0.751. The molecule has 3 rings (SSSR count). The average Bonchev–Trinajstić information content (AvgIpc) is 3.01. The van der Waals surface area contributed by atoms with E-state index in [4.69, 9.17) is 5.73 Å². The molecule has 2 amide bonds. The molecule has 0 radical (unpaired) electrons. The monoisotopic (exact) mass is 273 g/mol. The number of aromatic nitrogens is 2. The lowest BCUT2D eigenvalue weighted by molar-refractivity contribution is 0.215. The number of para-hydroxylation sites is 2. The highest BCUT2D eigenvalue weighted by molar-refractivity contribution is 5.77. The minimum Gasteiger partial charge on any atom is -0.336 e. The zero-order valence-corrected chi connectivity index (χ0v) is 11.4. The fourth-order valence-corrected chi connectivity index (χ4v) is 2.64. The summed E-state index contributed by atoms with van der Waals surface area (Å²) in [5.41, 5.74) is 7.76. The highest BCUT2D eigenvalue weighted by Gasteiger charge is 2.19. The summed E-state index contributed by atoms with van der Waals surface area (Å²) in [4.78, 5) is 18.0. The first-order valence-electron chi connectivity index (χ1n) is 6.96. The predicted octanol–water partition coefficient (Wildman–Crippen LogP) is 0.563. The van der Waals surface area contributed by atoms with Gasteiger partial charge in [-0.15, -0.1) is 0 Å². The van der Waals surface area contributed by atoms with Crippen LogP contribution in [0.2, 0.25) is 0 Å². The number of nitrogens with two attached hydrogens (primary N) is 1. The van der Waals surface area contributed by atoms with E-state index in [0.29, 0.717) is 13.1 Å². The molecule has 20 heavy (non-hydrogen) atoms. The van der Waals surface area contributed by atoms with Crippen molar-refractivity contribution in [3.63, 3.8) is 0 Å². The van der Waals surface area contributed by atoms with Gasteiger partial charge in [0.05, 0.1) is 11.0 Å². The second-order valence-corrected chi connectivity index (χ2v) is 4.93. The second-order valence-electron chi connectivity index (χ2n) is 4.93. The summed E-state index contributed by atoms with van der Waals surface area (Å²) in [5.74, 6) is 0.994. The van der Waals surface area contributed by atoms with Gasteiger partial charge in [-0.1, -0.05) is 12.1 Å². The Labute approximate surface area is 117 Å². The number of carbonyl (C=O) groups is 1. The quantitative estimate of drug-likeness (QED) is 0.836. The van der Waals surface area contributed by atoms with E-state index in [-0.39, 0.29) is 6.03 Å². The molecule has 106 valence electrons. The van der Waals surface area contributed by atoms with Crippen molar-refractivity contribution in [2.75, 3.05) is 26.2 Å². The molecule has 2 aromatic rings. The van der Waals surface area contributed by atoms with E-state index in [2.05, 4.69) is 20.9 Å². The number of hydrogen-bond donors (Lipinski definition) is 2. The van der Waals surface area contributed by atoms with Crippen molar-refractivity contribution >= 4 is 17.1 Å². The third-order valence-electron chi connectivity index (χ3n) is 3.64. The molecule has 0 spiro atoms. The number of fused-ring (bicyclic) bond motifs is 1. The molecule has 3 N–H and O–H groups in total. The van der Waals surface area contributed by atoms with Crippen LogP contribution in [0, 0.1) is 0 Å². The van der Waals surface area contributed by atoms with Gasteiger partial charge in [0.2, 0.25) is 0 Å². The molecule has 1 aliphatic rings. The first-order valence-corrected chi connectivity index (χ1v) is 6.96. The van der Waals surface area contributed by atoms with E-state index >= 15 is 0 Å². The van der Waals surface area contributed by atoms with Crippen LogP contribution in [-0.2, 0) is 13.0 Å². The number of urea groups is 1. The third-order valence-corrected chi connectivity index (χ3v) is 3.64. The lowest BCUT2D eigenvalue weighted by Gasteiger charge is -2.16. The molecule has 6 heteroatoms. The summed E-state index contributed by atoms with van der Waals surface area (Å²) in [6.45, 7) is 3.54. The van der Waals surface area contributed by atoms with Gasteiger partial charge in [-0.3, -0.25) is 0 Å². The van der Waals surface area contributed by atoms with Gasteiger partial charge in [-0.05, 0) is 18.7 Å². The van der Waals surface area contributed by atoms with Gasteiger partial charge in [0, 0.05) is 32.6 Å². The van der Waals surface area contributed by atoms with Crippen LogP contribution in [0.3, 0.4) is 0 Å². The van der Waals surface area contributed by atoms with Gasteiger partial charge >= 0.3 is 6.03 Å². The van der Waals surface area contributed by atoms with E-state index in [1.165, 1.54) is 0 Å². The number of hydrogen-bond acceptors (Lipinski definition) is 3. The fourth-order valence-electron chi connectivity index (χ4n) is 2.64. The fraction of sp³-hybridized carbons (Fsp3) is 0.429. The lowest BCUT2D eigenvalue weighted by Crippen LogP contribution is -2.31. The highest BCUT2D eigenvalue weighted by atomic mass is 16.2. The largest absolute Gasteiger partial charge is 0.336 e. The van der Waals surface area contributed by atoms with Gasteiger partial charge in [-0.25, -0.2) is 9.78 Å². The second kappa shape index (κ2) is 5.50. The number of nitrogens with zero attached hydrogens (tertiary/aromatic N) is 3. The molecule has 0 bridgehead atoms. The summed E-state index contributed by atoms with van der Waals surface area (Å²) in [5, 5.41) is 2.82. The number of imidazole rings is 1. The normalized spacial score (nSPS) is 15.1. The SMILES string of the molecule is NCCc1nc2ccccc2n1CCN1CCNC1=O. The van der Waals surface area contributed by atoms with Crippen molar-refractivity contribution in [3.05, 3.63) is 30.1 Å². The molecule has 0 aliphatic carbocycles. The standard InChI is InChI=1S/C14H19N5O/c15-6-5-13-17-11-3-1-2-4-12(11)19(13)10-9-18-8-7-16-14(18)20/h1-4H,5-10,15H2,(H,16,20). The van der Waals surface area contributed by atoms with Crippen LogP contribution in [0.4, 0.5) is 4.79 Å². The van der Waals surface area contributed by atoms with Crippen LogP contribution in [0.1, 0.15) is 5.82 Å².